The predicted octanol–water partition coefficient (Wildman–Crippen LogP) is 2.16. The van der Waals surface area contributed by atoms with Gasteiger partial charge >= 0.3 is 0 Å². The van der Waals surface area contributed by atoms with Crippen LogP contribution in [0.2, 0.25) is 0 Å². The summed E-state index contributed by atoms with van der Waals surface area (Å²) in [5.74, 6) is -1.10. The lowest BCUT2D eigenvalue weighted by molar-refractivity contribution is -0.254. The molecule has 0 aromatic carbocycles. The first-order valence-electron chi connectivity index (χ1n) is 5.91. The second-order valence-corrected chi connectivity index (χ2v) is 7.40. The third-order valence-corrected chi connectivity index (χ3v) is 5.47. The van der Waals surface area contributed by atoms with Gasteiger partial charge in [0.15, 0.2) is 0 Å². The Bertz CT molecular complexity index is 546. The largest absolute Gasteiger partial charge is 0.544 e. The second-order valence-electron chi connectivity index (χ2n) is 5.30. The number of carbonyl (C=O) groups is 1. The number of nitrogens with zero attached hydrogens (tertiary/aromatic N) is 1. The zero-order valence-electron chi connectivity index (χ0n) is 11.4. The Hall–Kier alpha value is -1.01. The van der Waals surface area contributed by atoms with E-state index in [9.17, 15) is 9.90 Å². The van der Waals surface area contributed by atoms with Gasteiger partial charge in [-0.05, 0) is 30.1 Å². The van der Waals surface area contributed by atoms with Crippen LogP contribution in [0.15, 0.2) is 9.36 Å². The lowest BCUT2D eigenvalue weighted by Crippen LogP contribution is -2.30. The highest BCUT2D eigenvalue weighted by Gasteiger charge is 2.35. The number of aromatic carboxylic acids is 1. The zero-order chi connectivity index (χ0) is 14.2. The fraction of sp³-hybridized carbons (Fsp3) is 0.538. The van der Waals surface area contributed by atoms with E-state index in [0.29, 0.717) is 4.88 Å². The average Bonchev–Trinajstić information content (AvgIpc) is 2.66. The molecule has 0 N–H and O–H groups in total. The van der Waals surface area contributed by atoms with Gasteiger partial charge in [0.25, 0.3) is 0 Å². The van der Waals surface area contributed by atoms with Crippen molar-refractivity contribution in [3.63, 3.8) is 0 Å². The highest BCUT2D eigenvalue weighted by Crippen LogP contribution is 2.44. The van der Waals surface area contributed by atoms with Crippen molar-refractivity contribution in [2.75, 3.05) is 13.4 Å². The first-order valence-corrected chi connectivity index (χ1v) is 7.95. The molecule has 0 fully saturated rings. The lowest BCUT2D eigenvalue weighted by atomic mass is 9.74. The highest BCUT2D eigenvalue weighted by atomic mass is 32.2. The van der Waals surface area contributed by atoms with Crippen molar-refractivity contribution in [3.8, 4) is 0 Å². The van der Waals surface area contributed by atoms with Crippen LogP contribution in [0, 0.1) is 5.41 Å². The fourth-order valence-electron chi connectivity index (χ4n) is 2.48. The molecule has 1 heterocycles. The summed E-state index contributed by atoms with van der Waals surface area (Å²) < 4.78 is 0.973. The molecule has 6 heteroatoms. The summed E-state index contributed by atoms with van der Waals surface area (Å²) in [4.78, 5) is 16.5. The first kappa shape index (κ1) is 14.4. The van der Waals surface area contributed by atoms with Crippen molar-refractivity contribution in [2.45, 2.75) is 30.9 Å². The van der Waals surface area contributed by atoms with Gasteiger partial charge in [-0.15, -0.1) is 23.1 Å². The molecule has 0 spiro atoms. The minimum Gasteiger partial charge on any atom is -0.544 e. The van der Waals surface area contributed by atoms with Gasteiger partial charge in [0.1, 0.15) is 7.11 Å². The Kier molecular flexibility index (Phi) is 3.92. The maximum absolute atomic E-state index is 11.3. The van der Waals surface area contributed by atoms with Gasteiger partial charge in [-0.25, -0.2) is 0 Å². The number of carboxylic acids is 1. The van der Waals surface area contributed by atoms with E-state index >= 15 is 0 Å². The summed E-state index contributed by atoms with van der Waals surface area (Å²) >= 11 is 2.82. The van der Waals surface area contributed by atoms with Crippen LogP contribution in [0.5, 0.6) is 0 Å². The van der Waals surface area contributed by atoms with Crippen LogP contribution in [-0.4, -0.2) is 25.0 Å². The van der Waals surface area contributed by atoms with E-state index in [1.807, 2.05) is 6.26 Å². The molecule has 1 aromatic heterocycles. The summed E-state index contributed by atoms with van der Waals surface area (Å²) in [7, 11) is 1.51. The highest BCUT2D eigenvalue weighted by molar-refractivity contribution is 8.00. The summed E-state index contributed by atoms with van der Waals surface area (Å²) in [6.45, 7) is 4.22. The van der Waals surface area contributed by atoms with E-state index in [1.54, 1.807) is 11.8 Å². The fourth-order valence-corrected chi connectivity index (χ4v) is 4.42. The Morgan fingerprint density at radius 1 is 1.47 bits per heavy atom. The molecular weight excluding hydrogens is 282 g/mol. The van der Waals surface area contributed by atoms with Crippen molar-refractivity contribution in [1.29, 1.82) is 0 Å². The summed E-state index contributed by atoms with van der Waals surface area (Å²) in [5, 5.41) is 15.4. The maximum atomic E-state index is 11.3. The molecule has 0 saturated carbocycles. The Morgan fingerprint density at radius 3 is 2.68 bits per heavy atom. The standard InChI is InChI=1S/C13H17NO3S2/c1-13(2)5-7-9(8(6-13)14-17-3)12(18-4)19-10(7)11(15)16/h5-6H2,1-4H3,(H,15,16)/p-1. The molecule has 0 atom stereocenters. The zero-order valence-corrected chi connectivity index (χ0v) is 13.0. The quantitative estimate of drug-likeness (QED) is 0.634. The third kappa shape index (κ3) is 2.65. The van der Waals surface area contributed by atoms with Crippen molar-refractivity contribution < 1.29 is 14.7 Å². The molecule has 104 valence electrons. The molecule has 0 saturated heterocycles. The van der Waals surface area contributed by atoms with Crippen LogP contribution in [0.1, 0.15) is 41.1 Å². The van der Waals surface area contributed by atoms with Crippen LogP contribution in [0.3, 0.4) is 0 Å². The van der Waals surface area contributed by atoms with Crippen LogP contribution < -0.4 is 5.11 Å². The van der Waals surface area contributed by atoms with E-state index in [4.69, 9.17) is 4.84 Å². The lowest BCUT2D eigenvalue weighted by Gasteiger charge is -2.31. The molecule has 1 aromatic rings. The second kappa shape index (κ2) is 5.17. The van der Waals surface area contributed by atoms with Crippen molar-refractivity contribution in [1.82, 2.24) is 0 Å². The monoisotopic (exact) mass is 298 g/mol. The number of thioether (sulfide) groups is 1. The molecule has 4 nitrogen and oxygen atoms in total. The van der Waals surface area contributed by atoms with E-state index in [1.165, 1.54) is 18.4 Å². The minimum atomic E-state index is -1.10. The third-order valence-electron chi connectivity index (χ3n) is 3.14. The number of hydrogen-bond donors (Lipinski definition) is 0. The van der Waals surface area contributed by atoms with E-state index in [-0.39, 0.29) is 5.41 Å². The molecule has 1 aliphatic rings. The van der Waals surface area contributed by atoms with Gasteiger partial charge in [0, 0.05) is 5.56 Å². The number of rotatable bonds is 3. The number of carbonyl (C=O) groups excluding carboxylic acids is 1. The normalized spacial score (nSPS) is 19.3. The van der Waals surface area contributed by atoms with Gasteiger partial charge in [-0.2, -0.15) is 0 Å². The summed E-state index contributed by atoms with van der Waals surface area (Å²) in [6.07, 6.45) is 3.45. The van der Waals surface area contributed by atoms with E-state index < -0.39 is 5.97 Å². The predicted molar refractivity (Wildman–Crippen MR) is 76.1 cm³/mol. The number of fused-ring (bicyclic) bond motifs is 1. The van der Waals surface area contributed by atoms with Crippen LogP contribution in [-0.2, 0) is 11.3 Å². The molecule has 0 aliphatic heterocycles. The molecule has 0 amide bonds. The smallest absolute Gasteiger partial charge is 0.106 e. The number of thiophene rings is 1. The Morgan fingerprint density at radius 2 is 2.16 bits per heavy atom. The number of carboxylic acid groups (broad SMARTS) is 1. The summed E-state index contributed by atoms with van der Waals surface area (Å²) in [6, 6.07) is 0. The maximum Gasteiger partial charge on any atom is 0.106 e. The first-order chi connectivity index (χ1) is 8.89. The number of oxime groups is 1. The van der Waals surface area contributed by atoms with Gasteiger partial charge in [0.05, 0.1) is 20.8 Å². The SMILES string of the molecule is CON=C1CC(C)(C)Cc2c(C(=O)[O-])sc(SC)c21. The Balaban J connectivity index is 2.67. The van der Waals surface area contributed by atoms with Crippen LogP contribution in [0.25, 0.3) is 0 Å². The summed E-state index contributed by atoms with van der Waals surface area (Å²) in [5.41, 5.74) is 2.60. The molecule has 2 rings (SSSR count). The van der Waals surface area contributed by atoms with Gasteiger partial charge < -0.3 is 14.7 Å². The average molecular weight is 298 g/mol. The van der Waals surface area contributed by atoms with Gasteiger partial charge in [-0.1, -0.05) is 19.0 Å². The number of hydrogen-bond acceptors (Lipinski definition) is 6. The molecule has 19 heavy (non-hydrogen) atoms. The molecule has 1 aliphatic carbocycles. The van der Waals surface area contributed by atoms with Crippen LogP contribution >= 0.6 is 23.1 Å². The van der Waals surface area contributed by atoms with Crippen molar-refractivity contribution in [3.05, 3.63) is 16.0 Å². The van der Waals surface area contributed by atoms with Gasteiger partial charge in [-0.3, -0.25) is 0 Å². The van der Waals surface area contributed by atoms with Gasteiger partial charge in [0.2, 0.25) is 0 Å². The van der Waals surface area contributed by atoms with Crippen LogP contribution in [0.4, 0.5) is 0 Å². The Labute approximate surface area is 120 Å². The topological polar surface area (TPSA) is 61.7 Å². The molecule has 0 unspecified atom stereocenters. The van der Waals surface area contributed by atoms with E-state index in [2.05, 4.69) is 19.0 Å². The van der Waals surface area contributed by atoms with Crippen molar-refractivity contribution in [2.24, 2.45) is 10.6 Å². The van der Waals surface area contributed by atoms with E-state index in [0.717, 1.165) is 33.9 Å². The van der Waals surface area contributed by atoms with Crippen molar-refractivity contribution >= 4 is 34.8 Å². The molecule has 0 bridgehead atoms. The molecular formula is C13H16NO3S2-. The minimum absolute atomic E-state index is 0.0225. The molecule has 0 radical (unpaired) electrons.